The Hall–Kier alpha value is -1.10. The van der Waals surface area contributed by atoms with E-state index in [9.17, 15) is 5.11 Å². The number of ether oxygens (including phenoxy) is 1. The van der Waals surface area contributed by atoms with Crippen molar-refractivity contribution in [2.24, 2.45) is 5.92 Å². The van der Waals surface area contributed by atoms with E-state index >= 15 is 0 Å². The molecule has 0 radical (unpaired) electrons. The van der Waals surface area contributed by atoms with Gasteiger partial charge in [-0.25, -0.2) is 0 Å². The number of hydrogen-bond acceptors (Lipinski definition) is 4. The van der Waals surface area contributed by atoms with Crippen molar-refractivity contribution in [1.82, 2.24) is 10.2 Å². The molecule has 3 atom stereocenters. The molecule has 1 aromatic rings. The molecule has 0 spiro atoms. The molecule has 1 aliphatic heterocycles. The van der Waals surface area contributed by atoms with Gasteiger partial charge in [0.15, 0.2) is 0 Å². The fourth-order valence-corrected chi connectivity index (χ4v) is 2.90. The van der Waals surface area contributed by atoms with Crippen LogP contribution in [0.3, 0.4) is 0 Å². The number of benzene rings is 1. The zero-order chi connectivity index (χ0) is 15.2. The number of aliphatic hydroxyl groups is 1. The van der Waals surface area contributed by atoms with Gasteiger partial charge < -0.3 is 20.1 Å². The van der Waals surface area contributed by atoms with E-state index in [0.717, 1.165) is 25.3 Å². The molecular formula is C17H28N2O2. The summed E-state index contributed by atoms with van der Waals surface area (Å²) in [5, 5.41) is 13.5. The van der Waals surface area contributed by atoms with Gasteiger partial charge in [-0.3, -0.25) is 0 Å². The number of nitrogens with zero attached hydrogens (tertiary/aromatic N) is 1. The number of hydrogen-bond donors (Lipinski definition) is 2. The predicted molar refractivity (Wildman–Crippen MR) is 85.7 cm³/mol. The van der Waals surface area contributed by atoms with E-state index in [1.807, 2.05) is 31.2 Å². The van der Waals surface area contributed by atoms with Crippen LogP contribution >= 0.6 is 0 Å². The van der Waals surface area contributed by atoms with Crippen molar-refractivity contribution in [1.29, 1.82) is 0 Å². The molecular weight excluding hydrogens is 264 g/mol. The lowest BCUT2D eigenvalue weighted by atomic mass is 9.94. The van der Waals surface area contributed by atoms with Crippen LogP contribution in [0.4, 0.5) is 0 Å². The molecule has 1 fully saturated rings. The summed E-state index contributed by atoms with van der Waals surface area (Å²) >= 11 is 0. The summed E-state index contributed by atoms with van der Waals surface area (Å²) in [6.45, 7) is 7.46. The maximum atomic E-state index is 10.1. The van der Waals surface area contributed by atoms with Gasteiger partial charge in [-0.15, -0.1) is 0 Å². The highest BCUT2D eigenvalue weighted by Gasteiger charge is 2.24. The highest BCUT2D eigenvalue weighted by Crippen LogP contribution is 2.15. The molecule has 0 aliphatic carbocycles. The number of piperidine rings is 1. The summed E-state index contributed by atoms with van der Waals surface area (Å²) in [7, 11) is 2.16. The lowest BCUT2D eigenvalue weighted by Gasteiger charge is -2.35. The Kier molecular flexibility index (Phi) is 6.03. The van der Waals surface area contributed by atoms with E-state index in [2.05, 4.69) is 24.2 Å². The van der Waals surface area contributed by atoms with Crippen LogP contribution in [0.15, 0.2) is 24.3 Å². The summed E-state index contributed by atoms with van der Waals surface area (Å²) in [6, 6.07) is 8.41. The van der Waals surface area contributed by atoms with Crippen LogP contribution in [0.25, 0.3) is 0 Å². The third kappa shape index (κ3) is 5.30. The van der Waals surface area contributed by atoms with Crippen LogP contribution in [0.1, 0.15) is 18.9 Å². The van der Waals surface area contributed by atoms with Gasteiger partial charge in [-0.1, -0.05) is 19.1 Å². The first-order valence-electron chi connectivity index (χ1n) is 7.84. The molecule has 118 valence electrons. The van der Waals surface area contributed by atoms with E-state index in [0.29, 0.717) is 25.1 Å². The molecule has 1 saturated heterocycles. The van der Waals surface area contributed by atoms with Crippen LogP contribution in [0.5, 0.6) is 5.75 Å². The lowest BCUT2D eigenvalue weighted by molar-refractivity contribution is 0.0932. The maximum absolute atomic E-state index is 10.1. The fourth-order valence-electron chi connectivity index (χ4n) is 2.90. The Balaban J connectivity index is 1.69. The number of likely N-dealkylation sites (tertiary alicyclic amines) is 1. The minimum Gasteiger partial charge on any atom is -0.491 e. The number of aryl methyl sites for hydroxylation is 1. The third-order valence-electron chi connectivity index (χ3n) is 4.16. The van der Waals surface area contributed by atoms with Gasteiger partial charge in [0, 0.05) is 19.1 Å². The predicted octanol–water partition coefficient (Wildman–Crippen LogP) is 1.66. The molecule has 2 N–H and O–H groups in total. The second kappa shape index (κ2) is 7.78. The van der Waals surface area contributed by atoms with Crippen LogP contribution in [-0.2, 0) is 0 Å². The average molecular weight is 292 g/mol. The Morgan fingerprint density at radius 2 is 2.29 bits per heavy atom. The minimum atomic E-state index is -0.475. The maximum Gasteiger partial charge on any atom is 0.119 e. The highest BCUT2D eigenvalue weighted by atomic mass is 16.5. The van der Waals surface area contributed by atoms with Gasteiger partial charge in [0.1, 0.15) is 18.5 Å². The smallest absolute Gasteiger partial charge is 0.119 e. The molecule has 4 heteroatoms. The van der Waals surface area contributed by atoms with E-state index in [1.54, 1.807) is 0 Å². The summed E-state index contributed by atoms with van der Waals surface area (Å²) in [5.74, 6) is 1.44. The third-order valence-corrected chi connectivity index (χ3v) is 4.16. The van der Waals surface area contributed by atoms with Crippen molar-refractivity contribution in [2.75, 3.05) is 33.3 Å². The van der Waals surface area contributed by atoms with Gasteiger partial charge in [0.05, 0.1) is 0 Å². The van der Waals surface area contributed by atoms with Gasteiger partial charge in [0.25, 0.3) is 0 Å². The zero-order valence-electron chi connectivity index (χ0n) is 13.4. The van der Waals surface area contributed by atoms with Gasteiger partial charge in [-0.05, 0) is 50.6 Å². The molecule has 3 unspecified atom stereocenters. The molecule has 0 bridgehead atoms. The molecule has 0 amide bonds. The second-order valence-electron chi connectivity index (χ2n) is 6.32. The molecule has 4 nitrogen and oxygen atoms in total. The molecule has 0 saturated carbocycles. The molecule has 21 heavy (non-hydrogen) atoms. The van der Waals surface area contributed by atoms with Crippen molar-refractivity contribution in [3.8, 4) is 5.75 Å². The van der Waals surface area contributed by atoms with Crippen molar-refractivity contribution in [2.45, 2.75) is 32.4 Å². The average Bonchev–Trinajstić information content (AvgIpc) is 2.44. The first-order valence-corrected chi connectivity index (χ1v) is 7.84. The van der Waals surface area contributed by atoms with Crippen LogP contribution in [-0.4, -0.2) is 55.4 Å². The molecule has 1 heterocycles. The Morgan fingerprint density at radius 3 is 3.00 bits per heavy atom. The van der Waals surface area contributed by atoms with Gasteiger partial charge in [0.2, 0.25) is 0 Å². The normalized spacial score (nSPS) is 24.8. The topological polar surface area (TPSA) is 44.7 Å². The lowest BCUT2D eigenvalue weighted by Crippen LogP contribution is -2.49. The Morgan fingerprint density at radius 1 is 1.48 bits per heavy atom. The fraction of sp³-hybridized carbons (Fsp3) is 0.647. The van der Waals surface area contributed by atoms with Crippen molar-refractivity contribution >= 4 is 0 Å². The number of rotatable bonds is 6. The Labute approximate surface area is 128 Å². The van der Waals surface area contributed by atoms with Crippen molar-refractivity contribution < 1.29 is 9.84 Å². The van der Waals surface area contributed by atoms with Crippen molar-refractivity contribution in [3.05, 3.63) is 29.8 Å². The quantitative estimate of drug-likeness (QED) is 0.837. The van der Waals surface area contributed by atoms with E-state index in [1.165, 1.54) is 5.56 Å². The highest BCUT2D eigenvalue weighted by molar-refractivity contribution is 5.27. The van der Waals surface area contributed by atoms with Gasteiger partial charge >= 0.3 is 0 Å². The second-order valence-corrected chi connectivity index (χ2v) is 6.32. The summed E-state index contributed by atoms with van der Waals surface area (Å²) in [5.41, 5.74) is 1.17. The van der Waals surface area contributed by atoms with Crippen molar-refractivity contribution in [3.63, 3.8) is 0 Å². The van der Waals surface area contributed by atoms with Crippen LogP contribution in [0, 0.1) is 12.8 Å². The first-order chi connectivity index (χ1) is 10.0. The largest absolute Gasteiger partial charge is 0.491 e. The minimum absolute atomic E-state index is 0.331. The molecule has 1 aromatic carbocycles. The molecule has 0 aromatic heterocycles. The standard InChI is InChI=1S/C17H28N2O2/c1-13-5-4-6-16(9-13)21-12-15(20)10-18-17-7-8-19(3)11-14(17)2/h4-6,9,14-15,17-18,20H,7-8,10-12H2,1-3H3. The van der Waals surface area contributed by atoms with E-state index in [4.69, 9.17) is 4.74 Å². The summed E-state index contributed by atoms with van der Waals surface area (Å²) in [6.07, 6.45) is 0.667. The van der Waals surface area contributed by atoms with Crippen LogP contribution < -0.4 is 10.1 Å². The monoisotopic (exact) mass is 292 g/mol. The number of nitrogens with one attached hydrogen (secondary N) is 1. The number of aliphatic hydroxyl groups excluding tert-OH is 1. The zero-order valence-corrected chi connectivity index (χ0v) is 13.4. The van der Waals surface area contributed by atoms with Crippen LogP contribution in [0.2, 0.25) is 0 Å². The summed E-state index contributed by atoms with van der Waals surface area (Å²) < 4.78 is 5.63. The van der Waals surface area contributed by atoms with E-state index in [-0.39, 0.29) is 0 Å². The molecule has 1 aliphatic rings. The SMILES string of the molecule is Cc1cccc(OCC(O)CNC2CCN(C)CC2C)c1. The summed E-state index contributed by atoms with van der Waals surface area (Å²) in [4.78, 5) is 2.36. The molecule has 2 rings (SSSR count). The Bertz CT molecular complexity index is 439. The van der Waals surface area contributed by atoms with E-state index < -0.39 is 6.10 Å². The first kappa shape index (κ1) is 16.3. The van der Waals surface area contributed by atoms with Gasteiger partial charge in [-0.2, -0.15) is 0 Å².